The van der Waals surface area contributed by atoms with Gasteiger partial charge in [-0.1, -0.05) is 32.3 Å². The molecule has 0 spiro atoms. The first-order valence-corrected chi connectivity index (χ1v) is 6.90. The molecule has 17 heavy (non-hydrogen) atoms. The summed E-state index contributed by atoms with van der Waals surface area (Å²) in [4.78, 5) is 2.15. The molecule has 2 rings (SSSR count). The zero-order valence-corrected chi connectivity index (χ0v) is 10.9. The summed E-state index contributed by atoms with van der Waals surface area (Å²) in [6.07, 6.45) is 17.0. The van der Waals surface area contributed by atoms with E-state index in [2.05, 4.69) is 36.3 Å². The normalized spacial score (nSPS) is 24.2. The van der Waals surface area contributed by atoms with Crippen molar-refractivity contribution in [1.29, 1.82) is 0 Å². The Bertz CT molecular complexity index is 333. The fourth-order valence-corrected chi connectivity index (χ4v) is 2.67. The third-order valence-electron chi connectivity index (χ3n) is 3.79. The molecule has 0 bridgehead atoms. The largest absolute Gasteiger partial charge is 0.335 e. The Morgan fingerprint density at radius 3 is 2.76 bits per heavy atom. The van der Waals surface area contributed by atoms with Crippen LogP contribution in [-0.2, 0) is 0 Å². The Hall–Kier alpha value is -1.02. The van der Waals surface area contributed by atoms with Crippen molar-refractivity contribution in [3.63, 3.8) is 0 Å². The van der Waals surface area contributed by atoms with E-state index in [1.807, 2.05) is 0 Å². The van der Waals surface area contributed by atoms with E-state index in [-0.39, 0.29) is 0 Å². The lowest BCUT2D eigenvalue weighted by Gasteiger charge is -2.26. The van der Waals surface area contributed by atoms with Gasteiger partial charge in [0.05, 0.1) is 6.67 Å². The minimum absolute atomic E-state index is 0.572. The molecule has 0 radical (unpaired) electrons. The lowest BCUT2D eigenvalue weighted by Crippen LogP contribution is -2.25. The number of allylic oxidation sites excluding steroid dienone is 4. The van der Waals surface area contributed by atoms with Crippen molar-refractivity contribution in [2.75, 3.05) is 6.67 Å². The summed E-state index contributed by atoms with van der Waals surface area (Å²) in [5.41, 5.74) is 8.49. The minimum Gasteiger partial charge on any atom is -0.335 e. The van der Waals surface area contributed by atoms with E-state index < -0.39 is 0 Å². The fraction of sp³-hybridized carbons (Fsp3) is 0.600. The van der Waals surface area contributed by atoms with Gasteiger partial charge in [-0.15, -0.1) is 0 Å². The molecule has 0 atom stereocenters. The van der Waals surface area contributed by atoms with Crippen LogP contribution in [0.25, 0.3) is 0 Å². The Morgan fingerprint density at radius 2 is 2.12 bits per heavy atom. The number of nitrogens with zero attached hydrogens (tertiary/aromatic N) is 1. The highest BCUT2D eigenvalue weighted by Crippen LogP contribution is 2.28. The molecule has 2 heteroatoms. The molecule has 0 aromatic carbocycles. The third kappa shape index (κ3) is 3.22. The van der Waals surface area contributed by atoms with Gasteiger partial charge >= 0.3 is 0 Å². The minimum atomic E-state index is 0.572. The summed E-state index contributed by atoms with van der Waals surface area (Å²) >= 11 is 0. The van der Waals surface area contributed by atoms with E-state index in [9.17, 15) is 0 Å². The lowest BCUT2D eigenvalue weighted by molar-refractivity contribution is 0.406. The average molecular weight is 232 g/mol. The molecule has 1 fully saturated rings. The second-order valence-corrected chi connectivity index (χ2v) is 5.03. The molecule has 2 N–H and O–H groups in total. The first-order valence-electron chi connectivity index (χ1n) is 6.90. The predicted molar refractivity (Wildman–Crippen MR) is 73.1 cm³/mol. The van der Waals surface area contributed by atoms with Gasteiger partial charge in [-0.2, -0.15) is 0 Å². The zero-order valence-electron chi connectivity index (χ0n) is 10.9. The maximum atomic E-state index is 5.79. The molecule has 2 nitrogen and oxygen atoms in total. The summed E-state index contributed by atoms with van der Waals surface area (Å²) < 4.78 is 0. The van der Waals surface area contributed by atoms with E-state index in [4.69, 9.17) is 5.73 Å². The van der Waals surface area contributed by atoms with Crippen LogP contribution in [0.2, 0.25) is 0 Å². The van der Waals surface area contributed by atoms with Crippen molar-refractivity contribution in [2.45, 2.75) is 45.4 Å². The molecular formula is C15H24N2. The molecule has 1 saturated carbocycles. The number of rotatable bonds is 3. The van der Waals surface area contributed by atoms with Crippen LogP contribution >= 0.6 is 0 Å². The zero-order chi connectivity index (χ0) is 12.1. The number of hydrogen-bond acceptors (Lipinski definition) is 2. The highest BCUT2D eigenvalue weighted by molar-refractivity contribution is 5.35. The molecule has 1 aliphatic heterocycles. The summed E-state index contributed by atoms with van der Waals surface area (Å²) in [7, 11) is 0. The molecule has 94 valence electrons. The highest BCUT2D eigenvalue weighted by atomic mass is 15.2. The third-order valence-corrected chi connectivity index (χ3v) is 3.79. The molecule has 1 heterocycles. The highest BCUT2D eigenvalue weighted by Gasteiger charge is 2.14. The Kier molecular flexibility index (Phi) is 4.43. The van der Waals surface area contributed by atoms with E-state index in [1.54, 1.807) is 0 Å². The van der Waals surface area contributed by atoms with Crippen LogP contribution in [0.1, 0.15) is 45.4 Å². The first-order chi connectivity index (χ1) is 8.33. The Morgan fingerprint density at radius 1 is 1.35 bits per heavy atom. The van der Waals surface area contributed by atoms with E-state index in [0.717, 1.165) is 12.3 Å². The summed E-state index contributed by atoms with van der Waals surface area (Å²) in [6, 6.07) is 0. The Balaban J connectivity index is 2.12. The summed E-state index contributed by atoms with van der Waals surface area (Å²) in [6.45, 7) is 2.77. The molecule has 2 aliphatic rings. The van der Waals surface area contributed by atoms with Gasteiger partial charge in [-0.05, 0) is 42.9 Å². The van der Waals surface area contributed by atoms with E-state index >= 15 is 0 Å². The van der Waals surface area contributed by atoms with Gasteiger partial charge in [0.25, 0.3) is 0 Å². The van der Waals surface area contributed by atoms with Gasteiger partial charge in [0.15, 0.2) is 0 Å². The number of hydrogen-bond donors (Lipinski definition) is 1. The second kappa shape index (κ2) is 6.06. The van der Waals surface area contributed by atoms with Crippen molar-refractivity contribution in [3.8, 4) is 0 Å². The van der Waals surface area contributed by atoms with Gasteiger partial charge < -0.3 is 10.6 Å². The van der Waals surface area contributed by atoms with Crippen LogP contribution in [-0.4, -0.2) is 11.6 Å². The van der Waals surface area contributed by atoms with Crippen LogP contribution < -0.4 is 5.73 Å². The Labute approximate surface area is 105 Å². The summed E-state index contributed by atoms with van der Waals surface area (Å²) in [5.74, 6) is 0.758. The molecule has 0 saturated heterocycles. The molecule has 0 unspecified atom stereocenters. The first kappa shape index (κ1) is 12.4. The maximum Gasteiger partial charge on any atom is 0.0700 e. The van der Waals surface area contributed by atoms with Crippen molar-refractivity contribution < 1.29 is 0 Å². The van der Waals surface area contributed by atoms with Gasteiger partial charge in [-0.3, -0.25) is 0 Å². The lowest BCUT2D eigenvalue weighted by atomic mass is 9.88. The van der Waals surface area contributed by atoms with Gasteiger partial charge in [-0.25, -0.2) is 0 Å². The van der Waals surface area contributed by atoms with Crippen molar-refractivity contribution in [3.05, 3.63) is 35.7 Å². The van der Waals surface area contributed by atoms with E-state index in [0.29, 0.717) is 6.67 Å². The predicted octanol–water partition coefficient (Wildman–Crippen LogP) is 3.53. The smallest absolute Gasteiger partial charge is 0.0700 e. The molecule has 0 aromatic heterocycles. The van der Waals surface area contributed by atoms with Crippen LogP contribution in [0.4, 0.5) is 0 Å². The van der Waals surface area contributed by atoms with Gasteiger partial charge in [0, 0.05) is 11.9 Å². The van der Waals surface area contributed by atoms with Crippen molar-refractivity contribution >= 4 is 0 Å². The van der Waals surface area contributed by atoms with Crippen LogP contribution in [0.5, 0.6) is 0 Å². The average Bonchev–Trinajstić information content (AvgIpc) is 2.40. The summed E-state index contributed by atoms with van der Waals surface area (Å²) in [5, 5.41) is 0. The van der Waals surface area contributed by atoms with Gasteiger partial charge in [0.2, 0.25) is 0 Å². The van der Waals surface area contributed by atoms with Crippen LogP contribution in [0.3, 0.4) is 0 Å². The molecule has 1 aliphatic carbocycles. The molecule has 0 amide bonds. The van der Waals surface area contributed by atoms with Crippen molar-refractivity contribution in [2.24, 2.45) is 11.7 Å². The quantitative estimate of drug-likeness (QED) is 0.806. The SMILES string of the molecule is CCC1=C/C(=C/C2CCCCC2)N(CN)C=C1. The second-order valence-electron chi connectivity index (χ2n) is 5.03. The van der Waals surface area contributed by atoms with Crippen molar-refractivity contribution in [1.82, 2.24) is 4.90 Å². The topological polar surface area (TPSA) is 29.3 Å². The van der Waals surface area contributed by atoms with Gasteiger partial charge in [0.1, 0.15) is 0 Å². The maximum absolute atomic E-state index is 5.79. The monoisotopic (exact) mass is 232 g/mol. The van der Waals surface area contributed by atoms with Crippen LogP contribution in [0, 0.1) is 5.92 Å². The standard InChI is InChI=1S/C15H24N2/c1-2-13-8-9-17(12-16)15(10-13)11-14-6-4-3-5-7-14/h8-11,14H,2-7,12,16H2,1H3/b15-11-. The number of nitrogens with two attached hydrogens (primary N) is 1. The van der Waals surface area contributed by atoms with Crippen LogP contribution in [0.15, 0.2) is 35.7 Å². The fourth-order valence-electron chi connectivity index (χ4n) is 2.67. The molecular weight excluding hydrogens is 208 g/mol. The molecule has 0 aromatic rings. The van der Waals surface area contributed by atoms with E-state index in [1.165, 1.54) is 43.4 Å².